The van der Waals surface area contributed by atoms with Crippen molar-refractivity contribution in [3.8, 4) is 5.75 Å². The largest absolute Gasteiger partial charge is 0.494 e. The maximum atomic E-state index is 11.8. The zero-order valence-corrected chi connectivity index (χ0v) is 14.4. The third-order valence-electron chi connectivity index (χ3n) is 3.53. The molecule has 26 heavy (non-hydrogen) atoms. The van der Waals surface area contributed by atoms with E-state index in [2.05, 4.69) is 10.3 Å². The highest BCUT2D eigenvalue weighted by molar-refractivity contribution is 5.91. The number of amides is 1. The summed E-state index contributed by atoms with van der Waals surface area (Å²) in [5.41, 5.74) is 1.91. The van der Waals surface area contributed by atoms with Gasteiger partial charge in [0, 0.05) is 31.4 Å². The number of aromatic nitrogens is 1. The van der Waals surface area contributed by atoms with Gasteiger partial charge in [0.15, 0.2) is 0 Å². The Morgan fingerprint density at radius 1 is 1.23 bits per heavy atom. The third kappa shape index (κ3) is 7.61. The molecule has 1 aromatic carbocycles. The van der Waals surface area contributed by atoms with E-state index < -0.39 is 5.97 Å². The van der Waals surface area contributed by atoms with E-state index in [9.17, 15) is 9.59 Å². The zero-order chi connectivity index (χ0) is 18.6. The van der Waals surface area contributed by atoms with Crippen molar-refractivity contribution >= 4 is 18.0 Å². The molecule has 136 valence electrons. The first-order valence-electron chi connectivity index (χ1n) is 8.43. The van der Waals surface area contributed by atoms with Crippen molar-refractivity contribution in [1.82, 2.24) is 10.3 Å². The first-order chi connectivity index (χ1) is 12.6. The van der Waals surface area contributed by atoms with Gasteiger partial charge in [0.1, 0.15) is 5.75 Å². The first kappa shape index (κ1) is 19.2. The number of carbonyl (C=O) groups excluding carboxylic acids is 1. The van der Waals surface area contributed by atoms with Gasteiger partial charge in [-0.15, -0.1) is 0 Å². The average Bonchev–Trinajstić information content (AvgIpc) is 2.65. The van der Waals surface area contributed by atoms with Crippen LogP contribution in [0.25, 0.3) is 6.08 Å². The van der Waals surface area contributed by atoms with Gasteiger partial charge in [-0.1, -0.05) is 18.2 Å². The van der Waals surface area contributed by atoms with Crippen LogP contribution in [0.3, 0.4) is 0 Å². The van der Waals surface area contributed by atoms with Gasteiger partial charge < -0.3 is 15.2 Å². The van der Waals surface area contributed by atoms with Crippen molar-refractivity contribution < 1.29 is 19.4 Å². The Morgan fingerprint density at radius 2 is 2.12 bits per heavy atom. The Labute approximate surface area is 152 Å². The minimum Gasteiger partial charge on any atom is -0.494 e. The van der Waals surface area contributed by atoms with Crippen LogP contribution in [0.15, 0.2) is 54.9 Å². The van der Waals surface area contributed by atoms with E-state index in [0.29, 0.717) is 31.7 Å². The van der Waals surface area contributed by atoms with Crippen molar-refractivity contribution in [2.75, 3.05) is 13.2 Å². The SMILES string of the molecule is O=C(O)CCCOc1cccc(CCNC(=O)/C=C/c2cccnc2)c1. The molecule has 1 aromatic heterocycles. The fourth-order valence-corrected chi connectivity index (χ4v) is 2.24. The van der Waals surface area contributed by atoms with Crippen LogP contribution in [-0.4, -0.2) is 35.1 Å². The van der Waals surface area contributed by atoms with Gasteiger partial charge >= 0.3 is 5.97 Å². The van der Waals surface area contributed by atoms with Crippen LogP contribution >= 0.6 is 0 Å². The predicted octanol–water partition coefficient (Wildman–Crippen LogP) is 2.70. The lowest BCUT2D eigenvalue weighted by Crippen LogP contribution is -2.23. The number of aliphatic carboxylic acids is 1. The molecule has 6 nitrogen and oxygen atoms in total. The van der Waals surface area contributed by atoms with Crippen molar-refractivity contribution in [3.05, 3.63) is 66.0 Å². The van der Waals surface area contributed by atoms with Gasteiger partial charge in [0.2, 0.25) is 5.91 Å². The molecule has 1 heterocycles. The van der Waals surface area contributed by atoms with Crippen molar-refractivity contribution in [1.29, 1.82) is 0 Å². The lowest BCUT2D eigenvalue weighted by Gasteiger charge is -2.08. The summed E-state index contributed by atoms with van der Waals surface area (Å²) in [6, 6.07) is 11.3. The van der Waals surface area contributed by atoms with Gasteiger partial charge in [-0.2, -0.15) is 0 Å². The summed E-state index contributed by atoms with van der Waals surface area (Å²) in [4.78, 5) is 26.3. The molecule has 0 atom stereocenters. The van der Waals surface area contributed by atoms with Gasteiger partial charge in [0.25, 0.3) is 0 Å². The number of pyridine rings is 1. The topological polar surface area (TPSA) is 88.5 Å². The number of benzene rings is 1. The van der Waals surface area contributed by atoms with Crippen molar-refractivity contribution in [2.24, 2.45) is 0 Å². The maximum absolute atomic E-state index is 11.8. The summed E-state index contributed by atoms with van der Waals surface area (Å²) in [6.45, 7) is 0.879. The number of hydrogen-bond acceptors (Lipinski definition) is 4. The number of hydrogen-bond donors (Lipinski definition) is 2. The Bertz CT molecular complexity index is 744. The van der Waals surface area contributed by atoms with Crippen LogP contribution in [0.2, 0.25) is 0 Å². The monoisotopic (exact) mass is 354 g/mol. The molecule has 1 amide bonds. The summed E-state index contributed by atoms with van der Waals surface area (Å²) >= 11 is 0. The van der Waals surface area contributed by atoms with E-state index in [4.69, 9.17) is 9.84 Å². The molecular formula is C20H22N2O4. The molecule has 0 saturated heterocycles. The summed E-state index contributed by atoms with van der Waals surface area (Å²) in [7, 11) is 0. The highest BCUT2D eigenvalue weighted by Crippen LogP contribution is 2.14. The molecule has 2 N–H and O–H groups in total. The molecule has 0 aliphatic carbocycles. The molecule has 6 heteroatoms. The molecule has 0 radical (unpaired) electrons. The summed E-state index contributed by atoms with van der Waals surface area (Å²) in [6.07, 6.45) is 7.82. The molecular weight excluding hydrogens is 332 g/mol. The molecule has 0 aliphatic heterocycles. The Balaban J connectivity index is 1.71. The van der Waals surface area contributed by atoms with Gasteiger partial charge in [-0.3, -0.25) is 14.6 Å². The number of carboxylic acids is 1. The van der Waals surface area contributed by atoms with E-state index in [-0.39, 0.29) is 12.3 Å². The van der Waals surface area contributed by atoms with Gasteiger partial charge in [-0.05, 0) is 48.2 Å². The maximum Gasteiger partial charge on any atom is 0.303 e. The average molecular weight is 354 g/mol. The van der Waals surface area contributed by atoms with Crippen LogP contribution in [-0.2, 0) is 16.0 Å². The van der Waals surface area contributed by atoms with Crippen molar-refractivity contribution in [3.63, 3.8) is 0 Å². The summed E-state index contributed by atoms with van der Waals surface area (Å²) in [5, 5.41) is 11.4. The first-order valence-corrected chi connectivity index (χ1v) is 8.43. The predicted molar refractivity (Wildman–Crippen MR) is 98.8 cm³/mol. The fourth-order valence-electron chi connectivity index (χ4n) is 2.24. The minimum absolute atomic E-state index is 0.0955. The molecule has 0 spiro atoms. The molecule has 2 rings (SSSR count). The van der Waals surface area contributed by atoms with E-state index in [1.54, 1.807) is 18.5 Å². The minimum atomic E-state index is -0.823. The van der Waals surface area contributed by atoms with E-state index in [1.807, 2.05) is 36.4 Å². The van der Waals surface area contributed by atoms with Crippen molar-refractivity contribution in [2.45, 2.75) is 19.3 Å². The van der Waals surface area contributed by atoms with Gasteiger partial charge in [-0.25, -0.2) is 0 Å². The van der Waals surface area contributed by atoms with Crippen LogP contribution in [0.5, 0.6) is 5.75 Å². The highest BCUT2D eigenvalue weighted by atomic mass is 16.5. The van der Waals surface area contributed by atoms with E-state index in [1.165, 1.54) is 6.08 Å². The zero-order valence-electron chi connectivity index (χ0n) is 14.4. The fraction of sp³-hybridized carbons (Fsp3) is 0.250. The Hall–Kier alpha value is -3.15. The molecule has 0 aliphatic rings. The normalized spacial score (nSPS) is 10.6. The lowest BCUT2D eigenvalue weighted by molar-refractivity contribution is -0.137. The molecule has 0 saturated carbocycles. The second-order valence-corrected chi connectivity index (χ2v) is 5.65. The van der Waals surface area contributed by atoms with Crippen LogP contribution < -0.4 is 10.1 Å². The van der Waals surface area contributed by atoms with Crippen LogP contribution in [0.4, 0.5) is 0 Å². The standard InChI is InChI=1S/C20H22N2O4/c23-19(9-8-17-5-2-11-21-15-17)22-12-10-16-4-1-6-18(14-16)26-13-3-7-20(24)25/h1-2,4-6,8-9,11,14-15H,3,7,10,12-13H2,(H,22,23)(H,24,25)/b9-8+. The highest BCUT2D eigenvalue weighted by Gasteiger charge is 2.01. The number of ether oxygens (including phenoxy) is 1. The molecule has 0 unspecified atom stereocenters. The Kier molecular flexibility index (Phi) is 7.86. The number of carbonyl (C=O) groups is 2. The molecule has 0 fully saturated rings. The second-order valence-electron chi connectivity index (χ2n) is 5.65. The molecule has 0 bridgehead atoms. The summed E-state index contributed by atoms with van der Waals surface area (Å²) in [5.74, 6) is -0.277. The number of nitrogens with one attached hydrogen (secondary N) is 1. The van der Waals surface area contributed by atoms with E-state index >= 15 is 0 Å². The lowest BCUT2D eigenvalue weighted by atomic mass is 10.1. The van der Waals surface area contributed by atoms with E-state index in [0.717, 1.165) is 11.1 Å². The smallest absolute Gasteiger partial charge is 0.303 e. The third-order valence-corrected chi connectivity index (χ3v) is 3.53. The Morgan fingerprint density at radius 3 is 2.88 bits per heavy atom. The summed E-state index contributed by atoms with van der Waals surface area (Å²) < 4.78 is 5.54. The van der Waals surface area contributed by atoms with Crippen LogP contribution in [0.1, 0.15) is 24.0 Å². The van der Waals surface area contributed by atoms with Gasteiger partial charge in [0.05, 0.1) is 6.61 Å². The number of carboxylic acid groups (broad SMARTS) is 1. The molecule has 2 aromatic rings. The number of nitrogens with zero attached hydrogens (tertiary/aromatic N) is 1. The quantitative estimate of drug-likeness (QED) is 0.506. The number of rotatable bonds is 10. The van der Waals surface area contributed by atoms with Crippen LogP contribution in [0, 0.1) is 0 Å². The second kappa shape index (κ2) is 10.7.